The molecular formula is C19H24ClNO4. The quantitative estimate of drug-likeness (QED) is 0.763. The minimum atomic E-state index is 0. The summed E-state index contributed by atoms with van der Waals surface area (Å²) < 4.78 is 22.8. The topological polar surface area (TPSA) is 49.0 Å². The number of nitrogens with one attached hydrogen (secondary N) is 1. The molecule has 1 aliphatic heterocycles. The summed E-state index contributed by atoms with van der Waals surface area (Å²) in [6, 6.07) is 13.6. The van der Waals surface area contributed by atoms with Crippen LogP contribution in [0, 0.1) is 6.92 Å². The third-order valence-electron chi connectivity index (χ3n) is 3.86. The molecule has 25 heavy (non-hydrogen) atoms. The van der Waals surface area contributed by atoms with Gasteiger partial charge in [0.15, 0.2) is 23.0 Å². The van der Waals surface area contributed by atoms with E-state index in [-0.39, 0.29) is 18.5 Å². The molecule has 1 atom stereocenters. The van der Waals surface area contributed by atoms with Gasteiger partial charge < -0.3 is 24.3 Å². The van der Waals surface area contributed by atoms with Gasteiger partial charge in [-0.2, -0.15) is 0 Å². The van der Waals surface area contributed by atoms with Crippen molar-refractivity contribution in [2.45, 2.75) is 13.0 Å². The van der Waals surface area contributed by atoms with Gasteiger partial charge in [0.1, 0.15) is 19.3 Å². The van der Waals surface area contributed by atoms with Gasteiger partial charge in [-0.25, -0.2) is 0 Å². The highest BCUT2D eigenvalue weighted by Crippen LogP contribution is 2.31. The molecule has 136 valence electrons. The van der Waals surface area contributed by atoms with Crippen LogP contribution in [0.25, 0.3) is 0 Å². The summed E-state index contributed by atoms with van der Waals surface area (Å²) in [6.45, 7) is 4.55. The third kappa shape index (κ3) is 4.94. The molecule has 5 nitrogen and oxygen atoms in total. The number of benzene rings is 2. The van der Waals surface area contributed by atoms with E-state index in [1.165, 1.54) is 0 Å². The molecule has 0 unspecified atom stereocenters. The molecule has 0 spiro atoms. The van der Waals surface area contributed by atoms with Gasteiger partial charge in [-0.15, -0.1) is 12.4 Å². The second kappa shape index (κ2) is 9.39. The maximum absolute atomic E-state index is 5.90. The molecule has 0 fully saturated rings. The zero-order valence-electron chi connectivity index (χ0n) is 14.5. The zero-order chi connectivity index (χ0) is 16.8. The Morgan fingerprint density at radius 2 is 1.92 bits per heavy atom. The molecular weight excluding hydrogens is 342 g/mol. The van der Waals surface area contributed by atoms with Crippen molar-refractivity contribution in [1.29, 1.82) is 0 Å². The van der Waals surface area contributed by atoms with E-state index >= 15 is 0 Å². The average molecular weight is 366 g/mol. The van der Waals surface area contributed by atoms with Gasteiger partial charge in [-0.3, -0.25) is 0 Å². The van der Waals surface area contributed by atoms with Crippen LogP contribution in [0.1, 0.15) is 5.56 Å². The number of hydrogen-bond donors (Lipinski definition) is 1. The van der Waals surface area contributed by atoms with Crippen LogP contribution in [0.3, 0.4) is 0 Å². The highest BCUT2D eigenvalue weighted by atomic mass is 35.5. The molecule has 0 aromatic heterocycles. The van der Waals surface area contributed by atoms with Crippen LogP contribution in [-0.4, -0.2) is 39.5 Å². The van der Waals surface area contributed by atoms with E-state index in [4.69, 9.17) is 18.9 Å². The van der Waals surface area contributed by atoms with Gasteiger partial charge in [0, 0.05) is 13.1 Å². The molecule has 0 aliphatic carbocycles. The predicted molar refractivity (Wildman–Crippen MR) is 99.7 cm³/mol. The van der Waals surface area contributed by atoms with Crippen molar-refractivity contribution >= 4 is 12.4 Å². The molecule has 6 heteroatoms. The number of methoxy groups -OCH3 is 1. The molecule has 1 aliphatic rings. The van der Waals surface area contributed by atoms with Crippen LogP contribution in [0.5, 0.6) is 23.0 Å². The van der Waals surface area contributed by atoms with Gasteiger partial charge in [0.05, 0.1) is 7.11 Å². The largest absolute Gasteiger partial charge is 0.493 e. The van der Waals surface area contributed by atoms with Crippen LogP contribution in [0.2, 0.25) is 0 Å². The molecule has 1 N–H and O–H groups in total. The number of fused-ring (bicyclic) bond motifs is 1. The van der Waals surface area contributed by atoms with E-state index < -0.39 is 0 Å². The maximum atomic E-state index is 5.90. The van der Waals surface area contributed by atoms with Crippen molar-refractivity contribution in [1.82, 2.24) is 5.32 Å². The van der Waals surface area contributed by atoms with Crippen molar-refractivity contribution in [2.75, 3.05) is 33.4 Å². The minimum absolute atomic E-state index is 0. The van der Waals surface area contributed by atoms with Gasteiger partial charge >= 0.3 is 0 Å². The normalized spacial score (nSPS) is 15.2. The van der Waals surface area contributed by atoms with Crippen molar-refractivity contribution in [3.63, 3.8) is 0 Å². The number of para-hydroxylation sites is 3. The Kier molecular flexibility index (Phi) is 7.22. The first-order valence-electron chi connectivity index (χ1n) is 8.13. The van der Waals surface area contributed by atoms with Gasteiger partial charge in [-0.05, 0) is 30.7 Å². The summed E-state index contributed by atoms with van der Waals surface area (Å²) in [7, 11) is 1.65. The summed E-state index contributed by atoms with van der Waals surface area (Å²) in [4.78, 5) is 0. The highest BCUT2D eigenvalue weighted by Gasteiger charge is 2.19. The summed E-state index contributed by atoms with van der Waals surface area (Å²) >= 11 is 0. The zero-order valence-corrected chi connectivity index (χ0v) is 15.3. The SMILES string of the molecule is COc1cccc(C)c1OCCNC[C@@H]1COc2ccccc2O1.Cl. The first-order valence-corrected chi connectivity index (χ1v) is 8.13. The first kappa shape index (κ1) is 19.2. The number of aryl methyl sites for hydroxylation is 1. The summed E-state index contributed by atoms with van der Waals surface area (Å²) in [5, 5.41) is 3.34. The molecule has 0 saturated heterocycles. The Balaban J connectivity index is 0.00000225. The fourth-order valence-electron chi connectivity index (χ4n) is 2.62. The van der Waals surface area contributed by atoms with Crippen molar-refractivity contribution in [3.05, 3.63) is 48.0 Å². The second-order valence-electron chi connectivity index (χ2n) is 5.66. The van der Waals surface area contributed by atoms with Gasteiger partial charge in [-0.1, -0.05) is 24.3 Å². The molecule has 3 rings (SSSR count). The van der Waals surface area contributed by atoms with Crippen LogP contribution < -0.4 is 24.3 Å². The van der Waals surface area contributed by atoms with Gasteiger partial charge in [0.2, 0.25) is 0 Å². The van der Waals surface area contributed by atoms with Gasteiger partial charge in [0.25, 0.3) is 0 Å². The van der Waals surface area contributed by atoms with E-state index in [0.29, 0.717) is 19.8 Å². The maximum Gasteiger partial charge on any atom is 0.164 e. The summed E-state index contributed by atoms with van der Waals surface area (Å²) in [5.74, 6) is 3.17. The molecule has 0 bridgehead atoms. The average Bonchev–Trinajstić information content (AvgIpc) is 2.62. The summed E-state index contributed by atoms with van der Waals surface area (Å²) in [6.07, 6.45) is 0.00731. The predicted octanol–water partition coefficient (Wildman–Crippen LogP) is 3.23. The van der Waals surface area contributed by atoms with Crippen LogP contribution in [-0.2, 0) is 0 Å². The summed E-state index contributed by atoms with van der Waals surface area (Å²) in [5.41, 5.74) is 1.06. The number of halogens is 1. The van der Waals surface area contributed by atoms with E-state index in [9.17, 15) is 0 Å². The Bertz CT molecular complexity index is 680. The lowest BCUT2D eigenvalue weighted by atomic mass is 10.2. The fourth-order valence-corrected chi connectivity index (χ4v) is 2.62. The number of hydrogen-bond acceptors (Lipinski definition) is 5. The van der Waals surface area contributed by atoms with E-state index in [0.717, 1.165) is 35.1 Å². The lowest BCUT2D eigenvalue weighted by Gasteiger charge is -2.26. The fraction of sp³-hybridized carbons (Fsp3) is 0.368. The third-order valence-corrected chi connectivity index (χ3v) is 3.86. The van der Waals surface area contributed by atoms with Crippen molar-refractivity contribution < 1.29 is 18.9 Å². The number of ether oxygens (including phenoxy) is 4. The first-order chi connectivity index (χ1) is 11.8. The monoisotopic (exact) mass is 365 g/mol. The van der Waals surface area contributed by atoms with Crippen molar-refractivity contribution in [3.8, 4) is 23.0 Å². The molecule has 1 heterocycles. The van der Waals surface area contributed by atoms with Crippen LogP contribution in [0.15, 0.2) is 42.5 Å². The molecule has 2 aromatic rings. The van der Waals surface area contributed by atoms with Crippen LogP contribution in [0.4, 0.5) is 0 Å². The number of rotatable bonds is 7. The Hall–Kier alpha value is -2.11. The lowest BCUT2D eigenvalue weighted by molar-refractivity contribution is 0.0897. The highest BCUT2D eigenvalue weighted by molar-refractivity contribution is 5.85. The molecule has 2 aromatic carbocycles. The Morgan fingerprint density at radius 3 is 2.72 bits per heavy atom. The molecule has 0 radical (unpaired) electrons. The lowest BCUT2D eigenvalue weighted by Crippen LogP contribution is -2.39. The van der Waals surface area contributed by atoms with Crippen LogP contribution >= 0.6 is 12.4 Å². The van der Waals surface area contributed by atoms with E-state index in [1.54, 1.807) is 7.11 Å². The Labute approximate surface area is 154 Å². The van der Waals surface area contributed by atoms with E-state index in [1.807, 2.05) is 49.4 Å². The Morgan fingerprint density at radius 1 is 1.12 bits per heavy atom. The van der Waals surface area contributed by atoms with Crippen molar-refractivity contribution in [2.24, 2.45) is 0 Å². The smallest absolute Gasteiger partial charge is 0.164 e. The molecule has 0 saturated carbocycles. The van der Waals surface area contributed by atoms with E-state index in [2.05, 4.69) is 5.32 Å². The standard InChI is InChI=1S/C19H23NO4.ClH/c1-14-6-5-9-18(21-2)19(14)22-11-10-20-12-15-13-23-16-7-3-4-8-17(16)24-15;/h3-9,15,20H,10-13H2,1-2H3;1H/t15-;/m1./s1. The molecule has 0 amide bonds. The minimum Gasteiger partial charge on any atom is -0.493 e. The second-order valence-corrected chi connectivity index (χ2v) is 5.66.